The lowest BCUT2D eigenvalue weighted by molar-refractivity contribution is -0.133. The molecule has 1 atom stereocenters. The van der Waals surface area contributed by atoms with E-state index >= 15 is 0 Å². The standard InChI is InChI=1S/C6H7BrN2O2S/c1-12-6(7)8-3-2-4(9-6)5(10)11/h2-3,9H,1H3,(H,10,11). The summed E-state index contributed by atoms with van der Waals surface area (Å²) >= 11 is 4.63. The van der Waals surface area contributed by atoms with Gasteiger partial charge in [0.05, 0.1) is 0 Å². The molecule has 0 radical (unpaired) electrons. The van der Waals surface area contributed by atoms with Crippen LogP contribution in [0.5, 0.6) is 0 Å². The Balaban J connectivity index is 2.80. The zero-order valence-corrected chi connectivity index (χ0v) is 8.65. The van der Waals surface area contributed by atoms with Crippen molar-refractivity contribution in [2.24, 2.45) is 4.99 Å². The maximum Gasteiger partial charge on any atom is 0.352 e. The molecule has 2 N–H and O–H groups in total. The Bertz CT molecular complexity index is 266. The molecular formula is C6H7BrN2O2S. The second-order valence-corrected chi connectivity index (χ2v) is 4.73. The van der Waals surface area contributed by atoms with Gasteiger partial charge in [0, 0.05) is 6.21 Å². The third-order valence-electron chi connectivity index (χ3n) is 1.27. The van der Waals surface area contributed by atoms with E-state index in [1.807, 2.05) is 6.26 Å². The number of hydrogen-bond donors (Lipinski definition) is 2. The van der Waals surface area contributed by atoms with Crippen LogP contribution < -0.4 is 5.32 Å². The summed E-state index contributed by atoms with van der Waals surface area (Å²) in [5, 5.41) is 11.4. The van der Waals surface area contributed by atoms with Crippen molar-refractivity contribution >= 4 is 39.9 Å². The third-order valence-corrected chi connectivity index (χ3v) is 3.39. The molecule has 0 amide bonds. The number of halogens is 1. The molecule has 12 heavy (non-hydrogen) atoms. The first-order valence-corrected chi connectivity index (χ1v) is 5.10. The van der Waals surface area contributed by atoms with Crippen molar-refractivity contribution in [2.45, 2.75) is 3.90 Å². The predicted octanol–water partition coefficient (Wildman–Crippen LogP) is 0.998. The number of thioether (sulfide) groups is 1. The molecule has 66 valence electrons. The van der Waals surface area contributed by atoms with E-state index in [4.69, 9.17) is 5.11 Å². The Morgan fingerprint density at radius 2 is 2.58 bits per heavy atom. The Morgan fingerprint density at radius 3 is 3.08 bits per heavy atom. The largest absolute Gasteiger partial charge is 0.477 e. The molecule has 1 rings (SSSR count). The number of aliphatic imine (C=N–C) groups is 1. The highest BCUT2D eigenvalue weighted by Crippen LogP contribution is 2.30. The van der Waals surface area contributed by atoms with Crippen LogP contribution >= 0.6 is 27.7 Å². The van der Waals surface area contributed by atoms with Gasteiger partial charge in [0.25, 0.3) is 0 Å². The van der Waals surface area contributed by atoms with E-state index in [0.29, 0.717) is 0 Å². The molecule has 0 aromatic rings. The van der Waals surface area contributed by atoms with Crippen molar-refractivity contribution in [2.75, 3.05) is 6.26 Å². The molecule has 0 spiro atoms. The van der Waals surface area contributed by atoms with Gasteiger partial charge in [0.2, 0.25) is 3.90 Å². The topological polar surface area (TPSA) is 61.7 Å². The number of nitrogens with zero attached hydrogens (tertiary/aromatic N) is 1. The summed E-state index contributed by atoms with van der Waals surface area (Å²) < 4.78 is -0.727. The lowest BCUT2D eigenvalue weighted by Gasteiger charge is -2.25. The minimum Gasteiger partial charge on any atom is -0.477 e. The maximum atomic E-state index is 10.5. The first-order chi connectivity index (χ1) is 5.57. The third kappa shape index (κ3) is 2.01. The molecule has 1 heterocycles. The van der Waals surface area contributed by atoms with Crippen LogP contribution in [0, 0.1) is 0 Å². The molecule has 1 aliphatic heterocycles. The molecule has 0 aromatic heterocycles. The highest BCUT2D eigenvalue weighted by Gasteiger charge is 2.28. The summed E-state index contributed by atoms with van der Waals surface area (Å²) in [6.07, 6.45) is 4.70. The van der Waals surface area contributed by atoms with Gasteiger partial charge in [-0.05, 0) is 28.3 Å². The van der Waals surface area contributed by atoms with E-state index in [2.05, 4.69) is 26.2 Å². The molecule has 0 aromatic carbocycles. The van der Waals surface area contributed by atoms with Gasteiger partial charge >= 0.3 is 5.97 Å². The number of carbonyl (C=O) groups is 1. The van der Waals surface area contributed by atoms with Crippen LogP contribution in [-0.2, 0) is 4.79 Å². The fraction of sp³-hybridized carbons (Fsp3) is 0.333. The average molecular weight is 251 g/mol. The van der Waals surface area contributed by atoms with Gasteiger partial charge in [-0.1, -0.05) is 0 Å². The number of rotatable bonds is 2. The predicted molar refractivity (Wildman–Crippen MR) is 52.5 cm³/mol. The minimum absolute atomic E-state index is 0.135. The number of carboxylic acids is 1. The lowest BCUT2D eigenvalue weighted by Crippen LogP contribution is -2.38. The number of nitrogens with one attached hydrogen (secondary N) is 1. The van der Waals surface area contributed by atoms with Crippen LogP contribution in [0.15, 0.2) is 16.8 Å². The van der Waals surface area contributed by atoms with Gasteiger partial charge in [-0.3, -0.25) is 0 Å². The van der Waals surface area contributed by atoms with E-state index in [1.165, 1.54) is 24.1 Å². The average Bonchev–Trinajstić information content (AvgIpc) is 2.05. The Hall–Kier alpha value is -0.490. The summed E-state index contributed by atoms with van der Waals surface area (Å²) in [7, 11) is 0. The van der Waals surface area contributed by atoms with Crippen molar-refractivity contribution in [3.63, 3.8) is 0 Å². The number of allylic oxidation sites excluding steroid dienone is 1. The quantitative estimate of drug-likeness (QED) is 0.567. The van der Waals surface area contributed by atoms with Crippen LogP contribution in [0.4, 0.5) is 0 Å². The van der Waals surface area contributed by atoms with Crippen LogP contribution in [0.1, 0.15) is 0 Å². The van der Waals surface area contributed by atoms with Gasteiger partial charge in [-0.2, -0.15) is 0 Å². The van der Waals surface area contributed by atoms with E-state index in [-0.39, 0.29) is 5.70 Å². The van der Waals surface area contributed by atoms with Gasteiger partial charge in [0.1, 0.15) is 5.70 Å². The highest BCUT2D eigenvalue weighted by atomic mass is 79.9. The summed E-state index contributed by atoms with van der Waals surface area (Å²) in [5.74, 6) is -0.987. The van der Waals surface area contributed by atoms with E-state index in [0.717, 1.165) is 0 Å². The Morgan fingerprint density at radius 1 is 1.92 bits per heavy atom. The van der Waals surface area contributed by atoms with Crippen molar-refractivity contribution in [3.8, 4) is 0 Å². The zero-order chi connectivity index (χ0) is 9.19. The first-order valence-electron chi connectivity index (χ1n) is 3.08. The number of carboxylic acid groups (broad SMARTS) is 1. The first kappa shape index (κ1) is 9.60. The molecule has 0 saturated carbocycles. The van der Waals surface area contributed by atoms with Gasteiger partial charge < -0.3 is 10.4 Å². The smallest absolute Gasteiger partial charge is 0.352 e. The normalized spacial score (nSPS) is 27.7. The SMILES string of the molecule is CSC1(Br)N=CC=C(C(=O)O)N1. The van der Waals surface area contributed by atoms with Gasteiger partial charge in [-0.15, -0.1) is 11.8 Å². The van der Waals surface area contributed by atoms with Gasteiger partial charge in [0.15, 0.2) is 0 Å². The van der Waals surface area contributed by atoms with Gasteiger partial charge in [-0.25, -0.2) is 9.79 Å². The summed E-state index contributed by atoms with van der Waals surface area (Å²) in [5.41, 5.74) is 0.135. The Labute approximate surface area is 82.3 Å². The molecule has 6 heteroatoms. The van der Waals surface area contributed by atoms with Crippen LogP contribution in [0.3, 0.4) is 0 Å². The number of alkyl halides is 1. The summed E-state index contributed by atoms with van der Waals surface area (Å²) in [4.78, 5) is 14.6. The van der Waals surface area contributed by atoms with Crippen molar-refractivity contribution < 1.29 is 9.90 Å². The molecule has 0 fully saturated rings. The summed E-state index contributed by atoms with van der Waals surface area (Å²) in [6.45, 7) is 0. The van der Waals surface area contributed by atoms with Crippen molar-refractivity contribution in [1.82, 2.24) is 5.32 Å². The highest BCUT2D eigenvalue weighted by molar-refractivity contribution is 9.11. The minimum atomic E-state index is -0.987. The maximum absolute atomic E-state index is 10.5. The molecule has 1 aliphatic rings. The van der Waals surface area contributed by atoms with Crippen LogP contribution in [0.25, 0.3) is 0 Å². The molecule has 0 bridgehead atoms. The number of hydrogen-bond acceptors (Lipinski definition) is 4. The van der Waals surface area contributed by atoms with E-state index in [1.54, 1.807) is 0 Å². The second kappa shape index (κ2) is 3.49. The van der Waals surface area contributed by atoms with Crippen molar-refractivity contribution in [3.05, 3.63) is 11.8 Å². The molecule has 4 nitrogen and oxygen atoms in total. The zero-order valence-electron chi connectivity index (χ0n) is 6.24. The second-order valence-electron chi connectivity index (χ2n) is 2.05. The molecule has 0 aliphatic carbocycles. The molecular weight excluding hydrogens is 244 g/mol. The lowest BCUT2D eigenvalue weighted by atomic mass is 10.4. The monoisotopic (exact) mass is 250 g/mol. The number of aliphatic carboxylic acids is 1. The van der Waals surface area contributed by atoms with E-state index < -0.39 is 9.87 Å². The molecule has 0 saturated heterocycles. The van der Waals surface area contributed by atoms with Crippen LogP contribution in [-0.4, -0.2) is 27.5 Å². The summed E-state index contributed by atoms with van der Waals surface area (Å²) in [6, 6.07) is 0. The van der Waals surface area contributed by atoms with Crippen LogP contribution in [0.2, 0.25) is 0 Å². The van der Waals surface area contributed by atoms with Crippen molar-refractivity contribution in [1.29, 1.82) is 0 Å². The Kier molecular flexibility index (Phi) is 2.79. The van der Waals surface area contributed by atoms with E-state index in [9.17, 15) is 4.79 Å². The fourth-order valence-corrected chi connectivity index (χ4v) is 1.39. The molecule has 1 unspecified atom stereocenters. The fourth-order valence-electron chi connectivity index (χ4n) is 0.676.